The van der Waals surface area contributed by atoms with Crippen LogP contribution in [0.25, 0.3) is 0 Å². The summed E-state index contributed by atoms with van der Waals surface area (Å²) in [4.78, 5) is 51.3. The van der Waals surface area contributed by atoms with E-state index in [0.29, 0.717) is 0 Å². The van der Waals surface area contributed by atoms with Crippen LogP contribution < -0.4 is 29.4 Å². The maximum atomic E-state index is 8.55. The van der Waals surface area contributed by atoms with Crippen LogP contribution in [0.1, 0.15) is 0 Å². The Kier molecular flexibility index (Phi) is 41.9. The maximum Gasteiger partial charge on any atom is 2.00 e. The SMILES string of the molecule is O=P([O-])([O-])[O-].O=P([O-])([O-])[O-].[Mg+2].[Mg+2].[Mg+2].[MgH2]. The molecule has 0 fully saturated rings. The molecule has 8 nitrogen and oxygen atoms in total. The molecule has 0 atom stereocenters. The summed E-state index contributed by atoms with van der Waals surface area (Å²) >= 11 is 0. The van der Waals surface area contributed by atoms with E-state index in [4.69, 9.17) is 38.5 Å². The molecule has 0 saturated carbocycles. The minimum Gasteiger partial charge on any atom is -0.822 e. The van der Waals surface area contributed by atoms with Gasteiger partial charge in [-0.3, -0.25) is 0 Å². The van der Waals surface area contributed by atoms with Gasteiger partial charge in [0.05, 0.1) is 0 Å². The van der Waals surface area contributed by atoms with Crippen LogP contribution >= 0.6 is 15.6 Å². The normalized spacial score (nSPS) is 8.43. The Balaban J connectivity index is -0.0000000178. The molecule has 0 radical (unpaired) electrons. The molecule has 0 aromatic carbocycles. The van der Waals surface area contributed by atoms with Crippen LogP contribution in [0.5, 0.6) is 0 Å². The van der Waals surface area contributed by atoms with Gasteiger partial charge in [-0.25, -0.2) is 0 Å². The van der Waals surface area contributed by atoms with E-state index in [9.17, 15) is 0 Å². The van der Waals surface area contributed by atoms with Gasteiger partial charge in [0, 0.05) is 0 Å². The first kappa shape index (κ1) is 36.0. The van der Waals surface area contributed by atoms with E-state index >= 15 is 0 Å². The third kappa shape index (κ3) is 289. The molecule has 0 heterocycles. The third-order valence-corrected chi connectivity index (χ3v) is 0. The van der Waals surface area contributed by atoms with Crippen LogP contribution in [0.4, 0.5) is 0 Å². The smallest absolute Gasteiger partial charge is 0.822 e. The van der Waals surface area contributed by atoms with Crippen LogP contribution in [-0.2, 0) is 9.13 Å². The van der Waals surface area contributed by atoms with Crippen LogP contribution in [0.15, 0.2) is 0 Å². The number of hydrogen-bond acceptors (Lipinski definition) is 8. The maximum absolute atomic E-state index is 8.55. The van der Waals surface area contributed by atoms with Gasteiger partial charge in [0.1, 0.15) is 0 Å². The van der Waals surface area contributed by atoms with E-state index < -0.39 is 15.6 Å². The summed E-state index contributed by atoms with van der Waals surface area (Å²) in [7, 11) is -10.8. The second kappa shape index (κ2) is 16.3. The predicted molar refractivity (Wildman–Crippen MR) is 41.0 cm³/mol. The summed E-state index contributed by atoms with van der Waals surface area (Å²) in [5, 5.41) is 0. The topological polar surface area (TPSA) is 172 Å². The van der Waals surface area contributed by atoms with Crippen molar-refractivity contribution < 1.29 is 38.5 Å². The van der Waals surface area contributed by atoms with Crippen molar-refractivity contribution in [2.24, 2.45) is 0 Å². The Morgan fingerprint density at radius 3 is 0.571 bits per heavy atom. The molecule has 0 N–H and O–H groups in total. The molecule has 0 saturated heterocycles. The van der Waals surface area contributed by atoms with E-state index in [1.807, 2.05) is 0 Å². The van der Waals surface area contributed by atoms with Gasteiger partial charge in [0.2, 0.25) is 0 Å². The first-order chi connectivity index (χ1) is 4.00. The zero-order valence-electron chi connectivity index (χ0n) is 6.28. The molecular formula is H2Mg4O8P2. The molecule has 14 heteroatoms. The van der Waals surface area contributed by atoms with Gasteiger partial charge in [-0.05, 0) is 0 Å². The summed E-state index contributed by atoms with van der Waals surface area (Å²) in [6.45, 7) is 0. The first-order valence-corrected chi connectivity index (χ1v) is 4.38. The summed E-state index contributed by atoms with van der Waals surface area (Å²) in [6.07, 6.45) is 0. The molecule has 0 amide bonds. The summed E-state index contributed by atoms with van der Waals surface area (Å²) in [6, 6.07) is 0. The second-order valence-corrected chi connectivity index (χ2v) is 2.68. The van der Waals surface area contributed by atoms with Gasteiger partial charge in [0.25, 0.3) is 0 Å². The van der Waals surface area contributed by atoms with E-state index in [2.05, 4.69) is 0 Å². The fourth-order valence-corrected chi connectivity index (χ4v) is 0. The molecule has 14 heavy (non-hydrogen) atoms. The quantitative estimate of drug-likeness (QED) is 0.312. The van der Waals surface area contributed by atoms with E-state index in [1.165, 1.54) is 0 Å². The second-order valence-electron chi connectivity index (χ2n) is 0.894. The van der Waals surface area contributed by atoms with Crippen molar-refractivity contribution in [1.82, 2.24) is 0 Å². The molecule has 0 aliphatic heterocycles. The molecule has 0 aromatic rings. The van der Waals surface area contributed by atoms with E-state index in [-0.39, 0.29) is 92.2 Å². The zero-order chi connectivity index (χ0) is 9.00. The average molecular weight is 289 g/mol. The summed E-state index contributed by atoms with van der Waals surface area (Å²) in [5.41, 5.74) is 0. The minimum absolute atomic E-state index is 0. The monoisotopic (exact) mass is 288 g/mol. The van der Waals surface area contributed by atoms with Gasteiger partial charge in [-0.15, -0.1) is 0 Å². The van der Waals surface area contributed by atoms with E-state index in [0.717, 1.165) is 0 Å². The number of hydrogen-bond donors (Lipinski definition) is 0. The Morgan fingerprint density at radius 2 is 0.571 bits per heavy atom. The fourth-order valence-electron chi connectivity index (χ4n) is 0. The van der Waals surface area contributed by atoms with Crippen molar-refractivity contribution in [1.29, 1.82) is 0 Å². The summed E-state index contributed by atoms with van der Waals surface area (Å²) < 4.78 is 17.1. The van der Waals surface area contributed by atoms with Gasteiger partial charge in [0.15, 0.2) is 0 Å². The van der Waals surface area contributed by atoms with Crippen molar-refractivity contribution in [3.63, 3.8) is 0 Å². The zero-order valence-corrected chi connectivity index (χ0v) is 12.3. The van der Waals surface area contributed by atoms with Crippen molar-refractivity contribution in [2.75, 3.05) is 0 Å². The van der Waals surface area contributed by atoms with Gasteiger partial charge < -0.3 is 38.5 Å². The molecular weight excluding hydrogens is 287 g/mol. The van der Waals surface area contributed by atoms with Gasteiger partial charge in [-0.2, -0.15) is 15.6 Å². The van der Waals surface area contributed by atoms with Crippen LogP contribution in [0, 0.1) is 0 Å². The largest absolute Gasteiger partial charge is 2.00 e. The molecule has 68 valence electrons. The number of rotatable bonds is 0. The predicted octanol–water partition coefficient (Wildman–Crippen LogP) is -7.71. The fraction of sp³-hybridized carbons (Fsp3) is 0. The molecule has 0 bridgehead atoms. The Hall–Kier alpha value is 3.28. The molecule has 0 aromatic heterocycles. The Labute approximate surface area is 144 Å². The van der Waals surface area contributed by atoms with Crippen molar-refractivity contribution >= 4 is 108 Å². The van der Waals surface area contributed by atoms with Crippen LogP contribution in [0.2, 0.25) is 0 Å². The van der Waals surface area contributed by atoms with Crippen molar-refractivity contribution in [3.8, 4) is 0 Å². The standard InChI is InChI=1S/4Mg.2H3O4P.2H/c;;;;2*1-5(2,3)4;;/h;;;;2*(H3,1,2,3,4);;/q;3*+2;;;;/p-6. The number of phosphoric acid groups is 2. The molecule has 0 aliphatic carbocycles. The molecule has 0 aliphatic rings. The summed E-state index contributed by atoms with van der Waals surface area (Å²) in [5.74, 6) is 0. The molecule has 0 unspecified atom stereocenters. The minimum atomic E-state index is -5.39. The van der Waals surface area contributed by atoms with Gasteiger partial charge >= 0.3 is 92.2 Å². The van der Waals surface area contributed by atoms with Gasteiger partial charge in [-0.1, -0.05) is 0 Å². The average Bonchev–Trinajstić information content (AvgIpc) is 1.12. The van der Waals surface area contributed by atoms with Crippen molar-refractivity contribution in [3.05, 3.63) is 0 Å². The van der Waals surface area contributed by atoms with Crippen LogP contribution in [0.3, 0.4) is 0 Å². The molecule has 0 spiro atoms. The van der Waals surface area contributed by atoms with E-state index in [1.54, 1.807) is 0 Å². The Bertz CT molecular complexity index is 132. The molecule has 0 rings (SSSR count). The third-order valence-electron chi connectivity index (χ3n) is 0. The first-order valence-electron chi connectivity index (χ1n) is 1.46. The van der Waals surface area contributed by atoms with Crippen molar-refractivity contribution in [2.45, 2.75) is 0 Å². The van der Waals surface area contributed by atoms with Crippen LogP contribution in [-0.4, -0.2) is 92.2 Å². The Morgan fingerprint density at radius 1 is 0.571 bits per heavy atom.